The Labute approximate surface area is 277 Å². The van der Waals surface area contributed by atoms with Crippen molar-refractivity contribution in [2.24, 2.45) is 11.3 Å². The zero-order chi connectivity index (χ0) is 34.3. The van der Waals surface area contributed by atoms with E-state index < -0.39 is 41.4 Å². The summed E-state index contributed by atoms with van der Waals surface area (Å²) in [4.78, 5) is 61.4. The highest BCUT2D eigenvalue weighted by molar-refractivity contribution is 7.09. The number of carbonyl (C=O) groups is 4. The van der Waals surface area contributed by atoms with Gasteiger partial charge in [0.2, 0.25) is 5.91 Å². The Hall–Kier alpha value is -3.75. The predicted octanol–water partition coefficient (Wildman–Crippen LogP) is 6.37. The summed E-state index contributed by atoms with van der Waals surface area (Å²) in [5, 5.41) is 16.1. The van der Waals surface area contributed by atoms with E-state index in [4.69, 9.17) is 16.0 Å². The Balaban J connectivity index is 2.33. The molecule has 0 aliphatic rings. The Morgan fingerprint density at radius 2 is 1.85 bits per heavy atom. The number of nitrogens with one attached hydrogen (secondary N) is 1. The molecule has 3 atom stereocenters. The van der Waals surface area contributed by atoms with Gasteiger partial charge in [-0.15, -0.1) is 23.7 Å². The van der Waals surface area contributed by atoms with Crippen LogP contribution < -0.4 is 5.32 Å². The first-order valence-corrected chi connectivity index (χ1v) is 16.8. The number of carbonyl (C=O) groups excluding carboxylic acids is 3. The molecule has 0 saturated carbocycles. The number of nitrogens with zero attached hydrogens (tertiary/aromatic N) is 2. The molecule has 2 rings (SSSR count). The number of hydroxylamine groups is 2. The highest BCUT2D eigenvalue weighted by Crippen LogP contribution is 2.32. The zero-order valence-corrected chi connectivity index (χ0v) is 28.7. The number of esters is 1. The minimum atomic E-state index is -1.07. The van der Waals surface area contributed by atoms with Crippen molar-refractivity contribution in [1.82, 2.24) is 15.4 Å². The number of terminal acetylenes is 1. The molecule has 0 aliphatic heterocycles. The van der Waals surface area contributed by atoms with E-state index in [2.05, 4.69) is 16.2 Å². The third-order valence-electron chi connectivity index (χ3n) is 7.55. The van der Waals surface area contributed by atoms with Gasteiger partial charge in [-0.2, -0.15) is 0 Å². The Morgan fingerprint density at radius 1 is 1.15 bits per heavy atom. The number of benzene rings is 1. The number of hydrogen-bond donors (Lipinski definition) is 2. The van der Waals surface area contributed by atoms with Crippen LogP contribution in [0.2, 0.25) is 0 Å². The molecule has 0 spiro atoms. The maximum atomic E-state index is 13.4. The van der Waals surface area contributed by atoms with Crippen molar-refractivity contribution in [3.05, 3.63) is 52.0 Å². The topological polar surface area (TPSA) is 135 Å². The fraction of sp³-hybridized carbons (Fsp3) is 0.571. The van der Waals surface area contributed by atoms with E-state index in [1.54, 1.807) is 19.2 Å². The lowest BCUT2D eigenvalue weighted by Gasteiger charge is -2.35. The van der Waals surface area contributed by atoms with Crippen LogP contribution in [-0.2, 0) is 30.4 Å². The molecule has 252 valence electrons. The first kappa shape index (κ1) is 38.4. The fourth-order valence-corrected chi connectivity index (χ4v) is 5.80. The summed E-state index contributed by atoms with van der Waals surface area (Å²) in [5.74, 6) is 0.423. The standard InChI is InChI=1S/C35H49N3O7S/c1-8-10-15-19-44-38(31(40)18-11-9-2)29(24(3)4)21-30(45-25(5)39)33-37-28(23-46-33)32(41)36-27(22-35(6,7)34(42)43)20-26-16-13-12-14-17-26/h1,12-14,16-17,23-24,27,29-30H,9-11,15,18-22H2,2-7H3,(H,36,41)(H,42,43). The molecule has 46 heavy (non-hydrogen) atoms. The molecule has 0 saturated heterocycles. The molecule has 0 fully saturated rings. The molecule has 1 aromatic heterocycles. The molecular weight excluding hydrogens is 606 g/mol. The van der Waals surface area contributed by atoms with Gasteiger partial charge in [0.15, 0.2) is 6.10 Å². The highest BCUT2D eigenvalue weighted by atomic mass is 32.1. The number of aromatic nitrogens is 1. The molecule has 3 unspecified atom stereocenters. The molecule has 10 nitrogen and oxygen atoms in total. The number of rotatable bonds is 20. The summed E-state index contributed by atoms with van der Waals surface area (Å²) >= 11 is 1.18. The largest absolute Gasteiger partial charge is 0.481 e. The maximum absolute atomic E-state index is 13.4. The molecule has 2 aromatic rings. The molecule has 0 aliphatic carbocycles. The molecule has 0 bridgehead atoms. The van der Waals surface area contributed by atoms with Crippen LogP contribution in [0.3, 0.4) is 0 Å². The normalized spacial score (nSPS) is 13.3. The number of ether oxygens (including phenoxy) is 1. The lowest BCUT2D eigenvalue weighted by molar-refractivity contribution is -0.210. The van der Waals surface area contributed by atoms with Crippen molar-refractivity contribution >= 4 is 35.1 Å². The first-order chi connectivity index (χ1) is 21.8. The van der Waals surface area contributed by atoms with Gasteiger partial charge >= 0.3 is 11.9 Å². The van der Waals surface area contributed by atoms with Crippen molar-refractivity contribution < 1.29 is 33.9 Å². The van der Waals surface area contributed by atoms with Crippen LogP contribution in [0.5, 0.6) is 0 Å². The van der Waals surface area contributed by atoms with Gasteiger partial charge in [0.05, 0.1) is 18.1 Å². The van der Waals surface area contributed by atoms with Crippen molar-refractivity contribution in [2.75, 3.05) is 6.61 Å². The van der Waals surface area contributed by atoms with Crippen LogP contribution in [-0.4, -0.2) is 57.6 Å². The predicted molar refractivity (Wildman–Crippen MR) is 178 cm³/mol. The molecule has 1 heterocycles. The molecule has 2 amide bonds. The lowest BCUT2D eigenvalue weighted by Crippen LogP contribution is -2.44. The van der Waals surface area contributed by atoms with Gasteiger partial charge in [-0.1, -0.05) is 57.5 Å². The van der Waals surface area contributed by atoms with Crippen molar-refractivity contribution in [2.45, 2.75) is 111 Å². The average molecular weight is 656 g/mol. The minimum absolute atomic E-state index is 0.0599. The number of aliphatic carboxylic acids is 1. The maximum Gasteiger partial charge on any atom is 0.309 e. The second-order valence-electron chi connectivity index (χ2n) is 12.4. The van der Waals surface area contributed by atoms with Crippen LogP contribution in [0.25, 0.3) is 0 Å². The zero-order valence-electron chi connectivity index (χ0n) is 27.9. The summed E-state index contributed by atoms with van der Waals surface area (Å²) in [6.07, 6.45) is 8.39. The number of amides is 2. The van der Waals surface area contributed by atoms with Gasteiger partial charge in [0.25, 0.3) is 5.91 Å². The van der Waals surface area contributed by atoms with Crippen molar-refractivity contribution in [3.8, 4) is 12.3 Å². The number of carboxylic acid groups (broad SMARTS) is 1. The second kappa shape index (κ2) is 19.0. The molecular formula is C35H49N3O7S. The van der Waals surface area contributed by atoms with Crippen LogP contribution in [0.1, 0.15) is 114 Å². The van der Waals surface area contributed by atoms with E-state index in [0.717, 1.165) is 12.0 Å². The molecule has 11 heteroatoms. The summed E-state index contributed by atoms with van der Waals surface area (Å²) in [7, 11) is 0. The summed E-state index contributed by atoms with van der Waals surface area (Å²) in [5.41, 5.74) is 0.0169. The fourth-order valence-electron chi connectivity index (χ4n) is 4.96. The quantitative estimate of drug-likeness (QED) is 0.0728. The van der Waals surface area contributed by atoms with E-state index in [1.807, 2.05) is 51.1 Å². The second-order valence-corrected chi connectivity index (χ2v) is 13.3. The van der Waals surface area contributed by atoms with E-state index in [-0.39, 0.29) is 37.0 Å². The van der Waals surface area contributed by atoms with Crippen LogP contribution in [0.15, 0.2) is 35.7 Å². The molecule has 0 radical (unpaired) electrons. The first-order valence-electron chi connectivity index (χ1n) is 15.9. The Kier molecular flexibility index (Phi) is 15.9. The third kappa shape index (κ3) is 12.6. The molecule has 1 aromatic carbocycles. The van der Waals surface area contributed by atoms with Gasteiger partial charge in [-0.25, -0.2) is 10.0 Å². The van der Waals surface area contributed by atoms with Gasteiger partial charge in [-0.05, 0) is 51.0 Å². The van der Waals surface area contributed by atoms with E-state index in [9.17, 15) is 24.3 Å². The van der Waals surface area contributed by atoms with Crippen molar-refractivity contribution in [1.29, 1.82) is 0 Å². The van der Waals surface area contributed by atoms with Gasteiger partial charge < -0.3 is 15.2 Å². The monoisotopic (exact) mass is 655 g/mol. The van der Waals surface area contributed by atoms with Crippen LogP contribution in [0, 0.1) is 23.7 Å². The summed E-state index contributed by atoms with van der Waals surface area (Å²) in [6, 6.07) is 8.61. The third-order valence-corrected chi connectivity index (χ3v) is 8.48. The Morgan fingerprint density at radius 3 is 2.43 bits per heavy atom. The minimum Gasteiger partial charge on any atom is -0.481 e. The van der Waals surface area contributed by atoms with E-state index in [0.29, 0.717) is 37.1 Å². The van der Waals surface area contributed by atoms with Gasteiger partial charge in [0.1, 0.15) is 10.7 Å². The summed E-state index contributed by atoms with van der Waals surface area (Å²) < 4.78 is 5.71. The smallest absolute Gasteiger partial charge is 0.309 e. The molecule has 2 N–H and O–H groups in total. The summed E-state index contributed by atoms with van der Waals surface area (Å²) in [6.45, 7) is 10.8. The number of unbranched alkanes of at least 4 members (excludes halogenated alkanes) is 2. The van der Waals surface area contributed by atoms with Crippen LogP contribution in [0.4, 0.5) is 0 Å². The number of thiazole rings is 1. The van der Waals surface area contributed by atoms with Crippen LogP contribution >= 0.6 is 11.3 Å². The van der Waals surface area contributed by atoms with E-state index in [1.165, 1.54) is 23.3 Å². The highest BCUT2D eigenvalue weighted by Gasteiger charge is 2.34. The SMILES string of the molecule is C#CCCCON(C(=O)CCCC)C(CC(OC(C)=O)c1nc(C(=O)NC(Cc2ccccc2)CC(C)(C)C(=O)O)cs1)C(C)C. The van der Waals surface area contributed by atoms with Crippen molar-refractivity contribution in [3.63, 3.8) is 0 Å². The Bertz CT molecular complexity index is 1320. The van der Waals surface area contributed by atoms with Gasteiger partial charge in [-0.3, -0.25) is 24.0 Å². The van der Waals surface area contributed by atoms with Gasteiger partial charge in [0, 0.05) is 37.6 Å². The van der Waals surface area contributed by atoms with E-state index >= 15 is 0 Å². The lowest BCUT2D eigenvalue weighted by atomic mass is 9.84. The average Bonchev–Trinajstić information content (AvgIpc) is 3.49. The number of hydrogen-bond acceptors (Lipinski definition) is 8. The number of carboxylic acids is 1.